The fourth-order valence-electron chi connectivity index (χ4n) is 2.19. The number of rotatable bonds is 7. The maximum Gasteiger partial charge on any atom is 0.203 e. The van der Waals surface area contributed by atoms with E-state index in [1.807, 2.05) is 24.3 Å². The molecule has 130 valence electrons. The number of methoxy groups -OCH3 is 3. The van der Waals surface area contributed by atoms with E-state index in [4.69, 9.17) is 30.1 Å². The molecule has 0 aromatic heterocycles. The summed E-state index contributed by atoms with van der Waals surface area (Å²) in [5.41, 5.74) is 6.96. The first-order valence-corrected chi connectivity index (χ1v) is 6.95. The van der Waals surface area contributed by atoms with Crippen LogP contribution >= 0.6 is 12.4 Å². The Bertz CT molecular complexity index is 682. The van der Waals surface area contributed by atoms with Gasteiger partial charge in [0, 0.05) is 0 Å². The van der Waals surface area contributed by atoms with Crippen LogP contribution in [-0.2, 0) is 6.61 Å². The van der Waals surface area contributed by atoms with E-state index in [2.05, 4.69) is 0 Å². The summed E-state index contributed by atoms with van der Waals surface area (Å²) in [5, 5.41) is 7.58. The molecule has 0 aliphatic rings. The number of amidine groups is 1. The fraction of sp³-hybridized carbons (Fsp3) is 0.235. The summed E-state index contributed by atoms with van der Waals surface area (Å²) in [4.78, 5) is 0. The lowest BCUT2D eigenvalue weighted by Gasteiger charge is -2.15. The largest absolute Gasteiger partial charge is 0.493 e. The van der Waals surface area contributed by atoms with Gasteiger partial charge in [0.1, 0.15) is 18.2 Å². The number of hydrogen-bond donors (Lipinski definition) is 2. The van der Waals surface area contributed by atoms with Crippen LogP contribution in [0.1, 0.15) is 11.1 Å². The van der Waals surface area contributed by atoms with Crippen molar-refractivity contribution in [2.24, 2.45) is 5.73 Å². The van der Waals surface area contributed by atoms with Gasteiger partial charge in [-0.25, -0.2) is 0 Å². The standard InChI is InChI=1S/C17H20N2O4.ClH/c1-20-14-8-11(9-15(21-2)16(14)22-3)10-23-13-7-5-4-6-12(13)17(18)19;/h4-9H,10H2,1-3H3,(H3,18,19);1H. The SMILES string of the molecule is COc1cc(COc2ccccc2C(=N)N)cc(OC)c1OC.Cl. The number of benzene rings is 2. The molecule has 0 amide bonds. The second-order valence-corrected chi connectivity index (χ2v) is 4.73. The molecule has 0 atom stereocenters. The molecule has 6 nitrogen and oxygen atoms in total. The van der Waals surface area contributed by atoms with Crippen LogP contribution in [0.25, 0.3) is 0 Å². The number of para-hydroxylation sites is 1. The fourth-order valence-corrected chi connectivity index (χ4v) is 2.19. The number of hydrogen-bond acceptors (Lipinski definition) is 5. The van der Waals surface area contributed by atoms with Gasteiger partial charge in [0.2, 0.25) is 5.75 Å². The van der Waals surface area contributed by atoms with Crippen LogP contribution in [0.3, 0.4) is 0 Å². The number of nitrogens with one attached hydrogen (secondary N) is 1. The van der Waals surface area contributed by atoms with Crippen molar-refractivity contribution in [3.05, 3.63) is 47.5 Å². The zero-order valence-corrected chi connectivity index (χ0v) is 14.6. The second-order valence-electron chi connectivity index (χ2n) is 4.73. The van der Waals surface area contributed by atoms with Gasteiger partial charge in [-0.15, -0.1) is 12.4 Å². The Balaban J connectivity index is 0.00000288. The smallest absolute Gasteiger partial charge is 0.203 e. The minimum atomic E-state index is -0.0366. The van der Waals surface area contributed by atoms with Gasteiger partial charge in [0.15, 0.2) is 11.5 Å². The highest BCUT2D eigenvalue weighted by Crippen LogP contribution is 2.38. The average Bonchev–Trinajstić information content (AvgIpc) is 2.58. The highest BCUT2D eigenvalue weighted by Gasteiger charge is 2.14. The molecule has 0 radical (unpaired) electrons. The predicted octanol–water partition coefficient (Wildman–Crippen LogP) is 3.00. The van der Waals surface area contributed by atoms with Crippen molar-refractivity contribution in [3.8, 4) is 23.0 Å². The molecule has 7 heteroatoms. The number of halogens is 1. The van der Waals surface area contributed by atoms with E-state index in [9.17, 15) is 0 Å². The summed E-state index contributed by atoms with van der Waals surface area (Å²) in [6.45, 7) is 0.279. The third-order valence-corrected chi connectivity index (χ3v) is 3.30. The van der Waals surface area contributed by atoms with Crippen LogP contribution in [0.15, 0.2) is 36.4 Å². The molecule has 0 bridgehead atoms. The van der Waals surface area contributed by atoms with Crippen molar-refractivity contribution in [2.75, 3.05) is 21.3 Å². The molecule has 0 unspecified atom stereocenters. The summed E-state index contributed by atoms with van der Waals surface area (Å²) in [5.74, 6) is 2.16. The first-order chi connectivity index (χ1) is 11.1. The van der Waals surface area contributed by atoms with Gasteiger partial charge >= 0.3 is 0 Å². The lowest BCUT2D eigenvalue weighted by Crippen LogP contribution is -2.13. The topological polar surface area (TPSA) is 86.8 Å². The van der Waals surface area contributed by atoms with Gasteiger partial charge in [-0.1, -0.05) is 12.1 Å². The minimum Gasteiger partial charge on any atom is -0.493 e. The zero-order valence-electron chi connectivity index (χ0n) is 13.8. The molecular weight excluding hydrogens is 332 g/mol. The van der Waals surface area contributed by atoms with Crippen LogP contribution in [0.5, 0.6) is 23.0 Å². The third kappa shape index (κ3) is 4.23. The second kappa shape index (κ2) is 8.88. The molecule has 2 aromatic carbocycles. The van der Waals surface area contributed by atoms with Crippen molar-refractivity contribution in [3.63, 3.8) is 0 Å². The molecule has 24 heavy (non-hydrogen) atoms. The molecule has 0 aliphatic carbocycles. The van der Waals surface area contributed by atoms with E-state index in [-0.39, 0.29) is 24.8 Å². The van der Waals surface area contributed by atoms with Crippen LogP contribution in [0, 0.1) is 5.41 Å². The maximum absolute atomic E-state index is 7.58. The maximum atomic E-state index is 7.58. The van der Waals surface area contributed by atoms with Gasteiger partial charge in [0.25, 0.3) is 0 Å². The molecule has 0 aliphatic heterocycles. The van der Waals surface area contributed by atoms with E-state index in [0.29, 0.717) is 28.6 Å². The monoisotopic (exact) mass is 352 g/mol. The van der Waals surface area contributed by atoms with Crippen molar-refractivity contribution in [1.29, 1.82) is 5.41 Å². The molecular formula is C17H21ClN2O4. The predicted molar refractivity (Wildman–Crippen MR) is 95.1 cm³/mol. The molecule has 0 fully saturated rings. The zero-order chi connectivity index (χ0) is 16.8. The number of nitrogen functional groups attached to an aromatic ring is 1. The molecule has 0 saturated carbocycles. The lowest BCUT2D eigenvalue weighted by atomic mass is 10.1. The van der Waals surface area contributed by atoms with Crippen molar-refractivity contribution < 1.29 is 18.9 Å². The molecule has 0 heterocycles. The van der Waals surface area contributed by atoms with Crippen molar-refractivity contribution in [2.45, 2.75) is 6.61 Å². The summed E-state index contributed by atoms with van der Waals surface area (Å²) >= 11 is 0. The molecule has 2 aromatic rings. The Morgan fingerprint density at radius 3 is 2.04 bits per heavy atom. The summed E-state index contributed by atoms with van der Waals surface area (Å²) in [6.07, 6.45) is 0. The molecule has 0 saturated heterocycles. The highest BCUT2D eigenvalue weighted by molar-refractivity contribution is 5.97. The third-order valence-electron chi connectivity index (χ3n) is 3.30. The Labute approximate surface area is 147 Å². The quantitative estimate of drug-likeness (QED) is 0.591. The van der Waals surface area contributed by atoms with Gasteiger partial charge in [0.05, 0.1) is 26.9 Å². The molecule has 2 rings (SSSR count). The average molecular weight is 353 g/mol. The van der Waals surface area contributed by atoms with Gasteiger partial charge in [-0.05, 0) is 29.8 Å². The summed E-state index contributed by atoms with van der Waals surface area (Å²) in [7, 11) is 4.68. The van der Waals surface area contributed by atoms with Crippen LogP contribution < -0.4 is 24.7 Å². The van der Waals surface area contributed by atoms with E-state index in [0.717, 1.165) is 5.56 Å². The summed E-state index contributed by atoms with van der Waals surface area (Å²) in [6, 6.07) is 10.8. The lowest BCUT2D eigenvalue weighted by molar-refractivity contribution is 0.298. The first-order valence-electron chi connectivity index (χ1n) is 6.95. The Kier molecular flexibility index (Phi) is 7.20. The molecule has 0 spiro atoms. The van der Waals surface area contributed by atoms with Crippen LogP contribution in [-0.4, -0.2) is 27.2 Å². The van der Waals surface area contributed by atoms with E-state index in [1.165, 1.54) is 0 Å². The van der Waals surface area contributed by atoms with Crippen LogP contribution in [0.2, 0.25) is 0 Å². The van der Waals surface area contributed by atoms with E-state index < -0.39 is 0 Å². The normalized spacial score (nSPS) is 9.62. The first kappa shape index (κ1) is 19.4. The van der Waals surface area contributed by atoms with Gasteiger partial charge in [-0.2, -0.15) is 0 Å². The number of ether oxygens (including phenoxy) is 4. The summed E-state index contributed by atoms with van der Waals surface area (Å²) < 4.78 is 21.7. The van der Waals surface area contributed by atoms with Gasteiger partial charge in [-0.3, -0.25) is 5.41 Å². The number of nitrogens with two attached hydrogens (primary N) is 1. The van der Waals surface area contributed by atoms with Crippen molar-refractivity contribution >= 4 is 18.2 Å². The van der Waals surface area contributed by atoms with E-state index >= 15 is 0 Å². The van der Waals surface area contributed by atoms with Crippen LogP contribution in [0.4, 0.5) is 0 Å². The molecule has 3 N–H and O–H groups in total. The highest BCUT2D eigenvalue weighted by atomic mass is 35.5. The Morgan fingerprint density at radius 1 is 0.958 bits per heavy atom. The van der Waals surface area contributed by atoms with Crippen molar-refractivity contribution in [1.82, 2.24) is 0 Å². The minimum absolute atomic E-state index is 0. The Morgan fingerprint density at radius 2 is 1.54 bits per heavy atom. The van der Waals surface area contributed by atoms with E-state index in [1.54, 1.807) is 33.5 Å². The van der Waals surface area contributed by atoms with Gasteiger partial charge < -0.3 is 24.7 Å². The Hall–Kier alpha value is -2.60.